The Bertz CT molecular complexity index is 509. The molecule has 0 unspecified atom stereocenters. The first kappa shape index (κ1) is 12.9. The maximum atomic E-state index is 11.3. The average Bonchev–Trinajstić information content (AvgIpc) is 2.40. The van der Waals surface area contributed by atoms with E-state index in [2.05, 4.69) is 15.9 Å². The molecular formula is C14H16BrNO3. The van der Waals surface area contributed by atoms with Crippen LogP contribution in [-0.2, 0) is 16.1 Å². The number of fused-ring (bicyclic) bond motifs is 1. The number of hydrogen-bond acceptors (Lipinski definition) is 3. The quantitative estimate of drug-likeness (QED) is 0.736. The van der Waals surface area contributed by atoms with E-state index < -0.39 is 5.79 Å². The number of carbonyl (C=O) groups is 1. The highest BCUT2D eigenvalue weighted by molar-refractivity contribution is 9.10. The summed E-state index contributed by atoms with van der Waals surface area (Å²) >= 11 is 3.45. The van der Waals surface area contributed by atoms with Gasteiger partial charge in [0, 0.05) is 42.9 Å². The molecule has 2 aliphatic heterocycles. The summed E-state index contributed by atoms with van der Waals surface area (Å²) < 4.78 is 13.0. The van der Waals surface area contributed by atoms with Crippen LogP contribution < -0.4 is 4.74 Å². The van der Waals surface area contributed by atoms with Gasteiger partial charge in [0.05, 0.1) is 6.61 Å². The zero-order valence-electron chi connectivity index (χ0n) is 10.8. The third kappa shape index (κ3) is 2.49. The van der Waals surface area contributed by atoms with Crippen molar-refractivity contribution in [2.75, 3.05) is 13.1 Å². The van der Waals surface area contributed by atoms with Crippen LogP contribution in [0.2, 0.25) is 0 Å². The number of amides is 1. The fraction of sp³-hybridized carbons (Fsp3) is 0.500. The van der Waals surface area contributed by atoms with Gasteiger partial charge in [-0.3, -0.25) is 4.79 Å². The molecule has 2 heterocycles. The Labute approximate surface area is 120 Å². The molecule has 1 aromatic rings. The van der Waals surface area contributed by atoms with Gasteiger partial charge in [0.25, 0.3) is 0 Å². The molecule has 0 N–H and O–H groups in total. The van der Waals surface area contributed by atoms with Gasteiger partial charge >= 0.3 is 0 Å². The molecule has 1 saturated heterocycles. The number of ether oxygens (including phenoxy) is 2. The number of piperidine rings is 1. The summed E-state index contributed by atoms with van der Waals surface area (Å²) in [5.41, 5.74) is 1.06. The highest BCUT2D eigenvalue weighted by Crippen LogP contribution is 2.38. The lowest BCUT2D eigenvalue weighted by Crippen LogP contribution is -2.52. The molecule has 0 aromatic heterocycles. The van der Waals surface area contributed by atoms with Gasteiger partial charge in [-0.1, -0.05) is 15.9 Å². The van der Waals surface area contributed by atoms with Crippen LogP contribution in [0, 0.1) is 0 Å². The van der Waals surface area contributed by atoms with E-state index in [-0.39, 0.29) is 5.91 Å². The molecule has 4 nitrogen and oxygen atoms in total. The SMILES string of the molecule is CC(=O)N1CCC2(CC1)OCc1cc(Br)ccc1O2. The van der Waals surface area contributed by atoms with Crippen LogP contribution in [0.4, 0.5) is 0 Å². The van der Waals surface area contributed by atoms with E-state index in [0.717, 1.165) is 28.6 Å². The van der Waals surface area contributed by atoms with Crippen molar-refractivity contribution in [3.8, 4) is 5.75 Å². The van der Waals surface area contributed by atoms with Crippen LogP contribution >= 0.6 is 15.9 Å². The van der Waals surface area contributed by atoms with Crippen molar-refractivity contribution in [3.05, 3.63) is 28.2 Å². The number of likely N-dealkylation sites (tertiary alicyclic amines) is 1. The second-order valence-electron chi connectivity index (χ2n) is 5.06. The molecule has 3 rings (SSSR count). The van der Waals surface area contributed by atoms with E-state index in [1.165, 1.54) is 0 Å². The first-order valence-corrected chi connectivity index (χ1v) is 7.24. The molecule has 19 heavy (non-hydrogen) atoms. The summed E-state index contributed by atoms with van der Waals surface area (Å²) in [4.78, 5) is 13.2. The smallest absolute Gasteiger partial charge is 0.219 e. The van der Waals surface area contributed by atoms with Gasteiger partial charge in [0.1, 0.15) is 5.75 Å². The Morgan fingerprint density at radius 3 is 2.79 bits per heavy atom. The van der Waals surface area contributed by atoms with Gasteiger partial charge in [0.2, 0.25) is 11.7 Å². The van der Waals surface area contributed by atoms with Crippen molar-refractivity contribution >= 4 is 21.8 Å². The number of hydrogen-bond donors (Lipinski definition) is 0. The average molecular weight is 326 g/mol. The van der Waals surface area contributed by atoms with Crippen molar-refractivity contribution in [1.82, 2.24) is 4.90 Å². The third-order valence-electron chi connectivity index (χ3n) is 3.78. The summed E-state index contributed by atoms with van der Waals surface area (Å²) in [5.74, 6) is 0.466. The van der Waals surface area contributed by atoms with Gasteiger partial charge in [-0.2, -0.15) is 0 Å². The zero-order valence-corrected chi connectivity index (χ0v) is 12.4. The molecule has 0 radical (unpaired) electrons. The van der Waals surface area contributed by atoms with Gasteiger partial charge in [0.15, 0.2) is 0 Å². The molecule has 0 atom stereocenters. The van der Waals surface area contributed by atoms with Crippen molar-refractivity contribution in [2.45, 2.75) is 32.2 Å². The van der Waals surface area contributed by atoms with Crippen LogP contribution in [0.25, 0.3) is 0 Å². The topological polar surface area (TPSA) is 38.8 Å². The normalized spacial score (nSPS) is 20.8. The van der Waals surface area contributed by atoms with E-state index in [1.807, 2.05) is 23.1 Å². The summed E-state index contributed by atoms with van der Waals surface area (Å²) in [6.45, 7) is 3.56. The molecule has 1 amide bonds. The summed E-state index contributed by atoms with van der Waals surface area (Å²) in [7, 11) is 0. The molecule has 0 aliphatic carbocycles. The van der Waals surface area contributed by atoms with E-state index >= 15 is 0 Å². The molecule has 2 aliphatic rings. The minimum absolute atomic E-state index is 0.120. The number of carbonyl (C=O) groups excluding carboxylic acids is 1. The highest BCUT2D eigenvalue weighted by atomic mass is 79.9. The summed E-state index contributed by atoms with van der Waals surface area (Å²) in [5, 5.41) is 0. The fourth-order valence-corrected chi connectivity index (χ4v) is 3.02. The van der Waals surface area contributed by atoms with Crippen molar-refractivity contribution in [3.63, 3.8) is 0 Å². The zero-order chi connectivity index (χ0) is 13.5. The van der Waals surface area contributed by atoms with Gasteiger partial charge in [-0.25, -0.2) is 0 Å². The molecular weight excluding hydrogens is 310 g/mol. The first-order chi connectivity index (χ1) is 9.08. The predicted octanol–water partition coefficient (Wildman–Crippen LogP) is 2.70. The summed E-state index contributed by atoms with van der Waals surface area (Å²) in [6, 6.07) is 5.97. The Hall–Kier alpha value is -1.07. The van der Waals surface area contributed by atoms with Crippen LogP contribution in [0.15, 0.2) is 22.7 Å². The second-order valence-corrected chi connectivity index (χ2v) is 5.98. The van der Waals surface area contributed by atoms with Crippen LogP contribution in [-0.4, -0.2) is 29.7 Å². The van der Waals surface area contributed by atoms with E-state index in [0.29, 0.717) is 19.7 Å². The van der Waals surface area contributed by atoms with Crippen molar-refractivity contribution in [1.29, 1.82) is 0 Å². The Morgan fingerprint density at radius 2 is 2.11 bits per heavy atom. The molecule has 1 fully saturated rings. The fourth-order valence-electron chi connectivity index (χ4n) is 2.61. The lowest BCUT2D eigenvalue weighted by molar-refractivity contribution is -0.227. The highest BCUT2D eigenvalue weighted by Gasteiger charge is 2.41. The maximum absolute atomic E-state index is 11.3. The molecule has 1 aromatic carbocycles. The second kappa shape index (κ2) is 4.80. The van der Waals surface area contributed by atoms with Gasteiger partial charge in [-0.15, -0.1) is 0 Å². The third-order valence-corrected chi connectivity index (χ3v) is 4.27. The monoisotopic (exact) mass is 325 g/mol. The molecule has 102 valence electrons. The van der Waals surface area contributed by atoms with E-state index in [4.69, 9.17) is 9.47 Å². The van der Waals surface area contributed by atoms with Crippen molar-refractivity contribution in [2.24, 2.45) is 0 Å². The maximum Gasteiger partial charge on any atom is 0.219 e. The van der Waals surface area contributed by atoms with Crippen LogP contribution in [0.5, 0.6) is 5.75 Å². The predicted molar refractivity (Wildman–Crippen MR) is 73.8 cm³/mol. The minimum atomic E-state index is -0.549. The van der Waals surface area contributed by atoms with Crippen LogP contribution in [0.1, 0.15) is 25.3 Å². The van der Waals surface area contributed by atoms with Gasteiger partial charge < -0.3 is 14.4 Å². The van der Waals surface area contributed by atoms with E-state index in [9.17, 15) is 4.79 Å². The lowest BCUT2D eigenvalue weighted by Gasteiger charge is -2.43. The largest absolute Gasteiger partial charge is 0.462 e. The van der Waals surface area contributed by atoms with Gasteiger partial charge in [-0.05, 0) is 18.2 Å². The Balaban J connectivity index is 1.75. The number of rotatable bonds is 0. The minimum Gasteiger partial charge on any atom is -0.462 e. The van der Waals surface area contributed by atoms with Crippen LogP contribution in [0.3, 0.4) is 0 Å². The standard InChI is InChI=1S/C14H16BrNO3/c1-10(17)16-6-4-14(5-7-16)18-9-11-8-12(15)2-3-13(11)19-14/h2-3,8H,4-7,9H2,1H3. The Morgan fingerprint density at radius 1 is 1.37 bits per heavy atom. The lowest BCUT2D eigenvalue weighted by atomic mass is 10.0. The molecule has 1 spiro atoms. The number of benzene rings is 1. The summed E-state index contributed by atoms with van der Waals surface area (Å²) in [6.07, 6.45) is 1.45. The molecule has 5 heteroatoms. The number of nitrogens with zero attached hydrogens (tertiary/aromatic N) is 1. The van der Waals surface area contributed by atoms with E-state index in [1.54, 1.807) is 6.92 Å². The first-order valence-electron chi connectivity index (χ1n) is 6.45. The van der Waals surface area contributed by atoms with Crippen molar-refractivity contribution < 1.29 is 14.3 Å². The number of halogens is 1. The molecule has 0 saturated carbocycles. The molecule has 0 bridgehead atoms. The Kier molecular flexibility index (Phi) is 3.27.